The first-order chi connectivity index (χ1) is 13.5. The van der Waals surface area contributed by atoms with Gasteiger partial charge in [-0.15, -0.1) is 11.3 Å². The van der Waals surface area contributed by atoms with Crippen molar-refractivity contribution in [3.63, 3.8) is 0 Å². The second kappa shape index (κ2) is 8.75. The highest BCUT2D eigenvalue weighted by atomic mass is 32.1. The fourth-order valence-electron chi connectivity index (χ4n) is 2.81. The molecule has 2 aromatic carbocycles. The van der Waals surface area contributed by atoms with Gasteiger partial charge in [-0.05, 0) is 43.7 Å². The maximum Gasteiger partial charge on any atom is 0.160 e. The molecule has 0 saturated carbocycles. The lowest BCUT2D eigenvalue weighted by molar-refractivity contribution is 0.373. The van der Waals surface area contributed by atoms with E-state index in [4.69, 9.17) is 14.5 Å². The molecule has 6 nitrogen and oxygen atoms in total. The molecule has 0 aliphatic heterocycles. The Kier molecular flexibility index (Phi) is 6.16. The Hall–Kier alpha value is -3.06. The number of phenols is 1. The smallest absolute Gasteiger partial charge is 0.160 e. The van der Waals surface area contributed by atoms with Crippen LogP contribution in [0.15, 0.2) is 47.6 Å². The minimum Gasteiger partial charge on any atom is -0.504 e. The monoisotopic (exact) mass is 397 g/mol. The molecule has 0 aliphatic rings. The first-order valence-electron chi connectivity index (χ1n) is 8.77. The minimum absolute atomic E-state index is 0.113. The van der Waals surface area contributed by atoms with Crippen molar-refractivity contribution in [3.8, 4) is 27.8 Å². The summed E-state index contributed by atoms with van der Waals surface area (Å²) in [7, 11) is 3.19. The molecular formula is C21H23N3O3S. The average Bonchev–Trinajstić information content (AvgIpc) is 3.09. The van der Waals surface area contributed by atoms with Gasteiger partial charge in [0.15, 0.2) is 11.5 Å². The standard InChI is InChI=1S/C21H23N3O3S/c1-13-20(28-21(23-13)16-7-5-6-8-18(16)26-3)14(2)24-22-12-15-9-10-19(27-4)17(25)11-15/h5-11,22,25H,12H2,1-4H3/b24-14+. The third-order valence-corrected chi connectivity index (χ3v) is 5.54. The number of nitrogens with one attached hydrogen (secondary N) is 1. The second-order valence-electron chi connectivity index (χ2n) is 6.17. The molecule has 28 heavy (non-hydrogen) atoms. The molecule has 7 heteroatoms. The van der Waals surface area contributed by atoms with Gasteiger partial charge in [0.05, 0.1) is 42.6 Å². The lowest BCUT2D eigenvalue weighted by Gasteiger charge is -2.06. The van der Waals surface area contributed by atoms with Gasteiger partial charge in [-0.25, -0.2) is 4.98 Å². The number of nitrogens with zero attached hydrogens (tertiary/aromatic N) is 2. The van der Waals surface area contributed by atoms with Crippen LogP contribution in [0.3, 0.4) is 0 Å². The van der Waals surface area contributed by atoms with Crippen molar-refractivity contribution in [3.05, 3.63) is 58.6 Å². The number of methoxy groups -OCH3 is 2. The van der Waals surface area contributed by atoms with Crippen molar-refractivity contribution < 1.29 is 14.6 Å². The van der Waals surface area contributed by atoms with Gasteiger partial charge < -0.3 is 20.0 Å². The van der Waals surface area contributed by atoms with E-state index in [9.17, 15) is 5.11 Å². The number of hydrogen-bond acceptors (Lipinski definition) is 7. The summed E-state index contributed by atoms with van der Waals surface area (Å²) in [6, 6.07) is 13.1. The van der Waals surface area contributed by atoms with Crippen LogP contribution < -0.4 is 14.9 Å². The maximum absolute atomic E-state index is 9.86. The number of hydrazone groups is 1. The number of benzene rings is 2. The van der Waals surface area contributed by atoms with Gasteiger partial charge >= 0.3 is 0 Å². The van der Waals surface area contributed by atoms with Crippen LogP contribution in [0.1, 0.15) is 23.1 Å². The van der Waals surface area contributed by atoms with E-state index in [0.29, 0.717) is 12.3 Å². The molecule has 0 unspecified atom stereocenters. The molecule has 146 valence electrons. The SMILES string of the molecule is COc1ccc(CN/N=C(\C)c2sc(-c3ccccc3OC)nc2C)cc1O. The zero-order valence-electron chi connectivity index (χ0n) is 16.3. The third-order valence-electron chi connectivity index (χ3n) is 4.24. The van der Waals surface area contributed by atoms with Gasteiger partial charge in [-0.2, -0.15) is 5.10 Å². The van der Waals surface area contributed by atoms with Crippen molar-refractivity contribution in [1.82, 2.24) is 10.4 Å². The van der Waals surface area contributed by atoms with E-state index >= 15 is 0 Å². The number of ether oxygens (including phenoxy) is 2. The van der Waals surface area contributed by atoms with Crippen LogP contribution >= 0.6 is 11.3 Å². The molecule has 1 heterocycles. The number of aromatic hydroxyl groups is 1. The van der Waals surface area contributed by atoms with Crippen molar-refractivity contribution in [2.24, 2.45) is 5.10 Å². The summed E-state index contributed by atoms with van der Waals surface area (Å²) in [5.74, 6) is 1.37. The molecule has 0 radical (unpaired) electrons. The van der Waals surface area contributed by atoms with Crippen LogP contribution in [0.4, 0.5) is 0 Å². The first kappa shape index (κ1) is 19.7. The summed E-state index contributed by atoms with van der Waals surface area (Å²) in [6.07, 6.45) is 0. The molecular weight excluding hydrogens is 374 g/mol. The van der Waals surface area contributed by atoms with E-state index in [0.717, 1.165) is 38.2 Å². The normalized spacial score (nSPS) is 11.4. The number of thiazole rings is 1. The lowest BCUT2D eigenvalue weighted by atomic mass is 10.2. The Balaban J connectivity index is 1.74. The number of phenolic OH excluding ortho intramolecular Hbond substituents is 1. The maximum atomic E-state index is 9.86. The van der Waals surface area contributed by atoms with E-state index in [1.165, 1.54) is 7.11 Å². The molecule has 3 rings (SSSR count). The van der Waals surface area contributed by atoms with E-state index in [2.05, 4.69) is 10.5 Å². The zero-order valence-corrected chi connectivity index (χ0v) is 17.1. The van der Waals surface area contributed by atoms with Crippen LogP contribution in [0.5, 0.6) is 17.2 Å². The Labute approximate surface area is 168 Å². The summed E-state index contributed by atoms with van der Waals surface area (Å²) in [4.78, 5) is 5.71. The Morgan fingerprint density at radius 3 is 2.61 bits per heavy atom. The van der Waals surface area contributed by atoms with E-state index in [1.807, 2.05) is 44.2 Å². The van der Waals surface area contributed by atoms with Gasteiger partial charge in [-0.3, -0.25) is 0 Å². The summed E-state index contributed by atoms with van der Waals surface area (Å²) < 4.78 is 10.5. The summed E-state index contributed by atoms with van der Waals surface area (Å²) in [5, 5.41) is 15.2. The van der Waals surface area contributed by atoms with Gasteiger partial charge in [0, 0.05) is 0 Å². The molecule has 1 aromatic heterocycles. The van der Waals surface area contributed by atoms with Gasteiger partial charge in [0.25, 0.3) is 0 Å². The molecule has 3 aromatic rings. The molecule has 0 bridgehead atoms. The van der Waals surface area contributed by atoms with E-state index in [-0.39, 0.29) is 5.75 Å². The second-order valence-corrected chi connectivity index (χ2v) is 7.17. The number of aryl methyl sites for hydroxylation is 1. The molecule has 0 aliphatic carbocycles. The van der Waals surface area contributed by atoms with E-state index < -0.39 is 0 Å². The molecule has 0 fully saturated rings. The highest BCUT2D eigenvalue weighted by Crippen LogP contribution is 2.34. The quantitative estimate of drug-likeness (QED) is 0.458. The van der Waals surface area contributed by atoms with Crippen molar-refractivity contribution >= 4 is 17.0 Å². The van der Waals surface area contributed by atoms with Crippen molar-refractivity contribution in [2.45, 2.75) is 20.4 Å². The predicted molar refractivity (Wildman–Crippen MR) is 113 cm³/mol. The highest BCUT2D eigenvalue weighted by molar-refractivity contribution is 7.17. The lowest BCUT2D eigenvalue weighted by Crippen LogP contribution is -2.09. The Morgan fingerprint density at radius 1 is 1.14 bits per heavy atom. The van der Waals surface area contributed by atoms with Crippen molar-refractivity contribution in [1.29, 1.82) is 0 Å². The fourth-order valence-corrected chi connectivity index (χ4v) is 3.86. The number of para-hydroxylation sites is 1. The van der Waals surface area contributed by atoms with Gasteiger partial charge in [0.2, 0.25) is 0 Å². The number of hydrogen-bond donors (Lipinski definition) is 2. The van der Waals surface area contributed by atoms with Crippen LogP contribution in [0, 0.1) is 6.92 Å². The van der Waals surface area contributed by atoms with Gasteiger partial charge in [0.1, 0.15) is 10.8 Å². The predicted octanol–water partition coefficient (Wildman–Crippen LogP) is 4.36. The van der Waals surface area contributed by atoms with Crippen LogP contribution in [-0.2, 0) is 6.54 Å². The topological polar surface area (TPSA) is 76.0 Å². The molecule has 0 atom stereocenters. The largest absolute Gasteiger partial charge is 0.504 e. The number of aromatic nitrogens is 1. The number of rotatable bonds is 7. The summed E-state index contributed by atoms with van der Waals surface area (Å²) in [5.41, 5.74) is 6.72. The molecule has 0 saturated heterocycles. The van der Waals surface area contributed by atoms with Crippen LogP contribution in [0.25, 0.3) is 10.6 Å². The Morgan fingerprint density at radius 2 is 1.89 bits per heavy atom. The van der Waals surface area contributed by atoms with Gasteiger partial charge in [-0.1, -0.05) is 18.2 Å². The highest BCUT2D eigenvalue weighted by Gasteiger charge is 2.14. The molecule has 0 spiro atoms. The third kappa shape index (κ3) is 4.26. The van der Waals surface area contributed by atoms with Crippen molar-refractivity contribution in [2.75, 3.05) is 14.2 Å². The molecule has 0 amide bonds. The van der Waals surface area contributed by atoms with E-state index in [1.54, 1.807) is 30.6 Å². The van der Waals surface area contributed by atoms with Crippen LogP contribution in [0.2, 0.25) is 0 Å². The van der Waals surface area contributed by atoms with Crippen LogP contribution in [-0.4, -0.2) is 30.0 Å². The summed E-state index contributed by atoms with van der Waals surface area (Å²) >= 11 is 1.59. The Bertz CT molecular complexity index is 998. The summed E-state index contributed by atoms with van der Waals surface area (Å²) in [6.45, 7) is 4.42. The first-order valence-corrected chi connectivity index (χ1v) is 9.59. The minimum atomic E-state index is 0.113. The average molecular weight is 398 g/mol. The molecule has 2 N–H and O–H groups in total. The zero-order chi connectivity index (χ0) is 20.1. The fraction of sp³-hybridized carbons (Fsp3) is 0.238.